The predicted molar refractivity (Wildman–Crippen MR) is 121 cm³/mol. The summed E-state index contributed by atoms with van der Waals surface area (Å²) in [5, 5.41) is 13.8. The Bertz CT molecular complexity index is 968. The monoisotopic (exact) mass is 477 g/mol. The Morgan fingerprint density at radius 2 is 2.06 bits per heavy atom. The summed E-state index contributed by atoms with van der Waals surface area (Å²) >= 11 is 0.821. The molecule has 0 aliphatic carbocycles. The van der Waals surface area contributed by atoms with E-state index in [1.165, 1.54) is 6.08 Å². The molecule has 2 fully saturated rings. The first-order valence-corrected chi connectivity index (χ1v) is 11.4. The van der Waals surface area contributed by atoms with E-state index >= 15 is 0 Å². The maximum Gasteiger partial charge on any atom is 0.407 e. The lowest BCUT2D eigenvalue weighted by Gasteiger charge is -2.36. The molecule has 3 rings (SSSR count). The number of carboxylic acids is 1. The van der Waals surface area contributed by atoms with E-state index in [0.717, 1.165) is 11.8 Å². The van der Waals surface area contributed by atoms with E-state index in [2.05, 4.69) is 20.6 Å². The van der Waals surface area contributed by atoms with Gasteiger partial charge in [0.15, 0.2) is 0 Å². The molecule has 0 saturated carbocycles. The van der Waals surface area contributed by atoms with Crippen molar-refractivity contribution in [3.63, 3.8) is 0 Å². The first-order valence-electron chi connectivity index (χ1n) is 10.5. The average molecular weight is 478 g/mol. The van der Waals surface area contributed by atoms with E-state index in [4.69, 9.17) is 4.74 Å². The summed E-state index contributed by atoms with van der Waals surface area (Å²) < 4.78 is 5.28. The summed E-state index contributed by atoms with van der Waals surface area (Å²) in [5.41, 5.74) is -0.172. The fourth-order valence-electron chi connectivity index (χ4n) is 3.63. The minimum atomic E-state index is -0.991. The van der Waals surface area contributed by atoms with Gasteiger partial charge >= 0.3 is 12.1 Å². The Morgan fingerprint density at radius 3 is 2.64 bits per heavy atom. The van der Waals surface area contributed by atoms with E-state index < -0.39 is 34.9 Å². The number of amides is 3. The van der Waals surface area contributed by atoms with Crippen LogP contribution in [0.4, 0.5) is 15.5 Å². The number of aliphatic carboxylic acids is 1. The van der Waals surface area contributed by atoms with E-state index in [1.54, 1.807) is 33.0 Å². The van der Waals surface area contributed by atoms with Gasteiger partial charge in [0.05, 0.1) is 17.0 Å². The average Bonchev–Trinajstić information content (AvgIpc) is 3.02. The SMILES string of the molecule is CC(C)(C)OC(=O)NC(CC(=O)O)C1CCN(c2nccc(/C=C3\SC(=O)NC3=O)n2)CC1. The number of hydrogen-bond acceptors (Lipinski definition) is 9. The van der Waals surface area contributed by atoms with Crippen molar-refractivity contribution >= 4 is 47.0 Å². The molecule has 1 atom stereocenters. The van der Waals surface area contributed by atoms with Gasteiger partial charge in [-0.25, -0.2) is 14.8 Å². The fourth-order valence-corrected chi connectivity index (χ4v) is 4.30. The third kappa shape index (κ3) is 7.17. The zero-order chi connectivity index (χ0) is 24.2. The van der Waals surface area contributed by atoms with E-state index in [9.17, 15) is 24.3 Å². The molecular weight excluding hydrogens is 450 g/mol. The van der Waals surface area contributed by atoms with Crippen LogP contribution in [-0.4, -0.2) is 63.0 Å². The number of carboxylic acid groups (broad SMARTS) is 1. The molecule has 1 unspecified atom stereocenters. The number of imide groups is 1. The van der Waals surface area contributed by atoms with Gasteiger partial charge in [-0.15, -0.1) is 0 Å². The van der Waals surface area contributed by atoms with Gasteiger partial charge in [0, 0.05) is 25.3 Å². The van der Waals surface area contributed by atoms with Crippen LogP contribution >= 0.6 is 11.8 Å². The molecule has 0 radical (unpaired) electrons. The normalized spacial score (nSPS) is 19.4. The van der Waals surface area contributed by atoms with Crippen molar-refractivity contribution in [3.05, 3.63) is 22.9 Å². The van der Waals surface area contributed by atoms with Crippen LogP contribution in [0.1, 0.15) is 45.7 Å². The number of rotatable bonds is 6. The summed E-state index contributed by atoms with van der Waals surface area (Å²) in [7, 11) is 0. The third-order valence-electron chi connectivity index (χ3n) is 5.07. The highest BCUT2D eigenvalue weighted by Crippen LogP contribution is 2.27. The highest BCUT2D eigenvalue weighted by molar-refractivity contribution is 8.18. The van der Waals surface area contributed by atoms with Crippen molar-refractivity contribution < 1.29 is 29.0 Å². The van der Waals surface area contributed by atoms with Crippen molar-refractivity contribution in [1.82, 2.24) is 20.6 Å². The zero-order valence-corrected chi connectivity index (χ0v) is 19.5. The van der Waals surface area contributed by atoms with Crippen LogP contribution in [0, 0.1) is 5.92 Å². The second kappa shape index (κ2) is 10.2. The van der Waals surface area contributed by atoms with Crippen LogP contribution in [-0.2, 0) is 14.3 Å². The molecule has 2 saturated heterocycles. The predicted octanol–water partition coefficient (Wildman–Crippen LogP) is 2.38. The fraction of sp³-hybridized carbons (Fsp3) is 0.524. The third-order valence-corrected chi connectivity index (χ3v) is 5.88. The Morgan fingerprint density at radius 1 is 1.36 bits per heavy atom. The van der Waals surface area contributed by atoms with E-state index in [-0.39, 0.29) is 17.2 Å². The molecule has 3 amide bonds. The van der Waals surface area contributed by atoms with Crippen LogP contribution < -0.4 is 15.5 Å². The number of alkyl carbamates (subject to hydrolysis) is 1. The van der Waals surface area contributed by atoms with Gasteiger partial charge in [-0.2, -0.15) is 0 Å². The zero-order valence-electron chi connectivity index (χ0n) is 18.7. The van der Waals surface area contributed by atoms with Crippen LogP contribution in [0.25, 0.3) is 6.08 Å². The Balaban J connectivity index is 1.63. The molecule has 11 nitrogen and oxygen atoms in total. The van der Waals surface area contributed by atoms with Gasteiger partial charge in [-0.05, 0) is 63.4 Å². The minimum Gasteiger partial charge on any atom is -0.481 e. The Labute approximate surface area is 195 Å². The molecule has 33 heavy (non-hydrogen) atoms. The topological polar surface area (TPSA) is 151 Å². The molecule has 1 aromatic heterocycles. The number of piperidine rings is 1. The van der Waals surface area contributed by atoms with Gasteiger partial charge in [-0.1, -0.05) is 0 Å². The number of carbonyl (C=O) groups is 4. The molecular formula is C21H27N5O6S. The molecule has 12 heteroatoms. The first kappa shape index (κ1) is 24.5. The number of nitrogens with one attached hydrogen (secondary N) is 2. The molecule has 0 bridgehead atoms. The lowest BCUT2D eigenvalue weighted by atomic mass is 9.87. The van der Waals surface area contributed by atoms with Gasteiger partial charge in [0.1, 0.15) is 5.60 Å². The summed E-state index contributed by atoms with van der Waals surface area (Å²) in [6, 6.07) is 1.10. The largest absolute Gasteiger partial charge is 0.481 e. The summed E-state index contributed by atoms with van der Waals surface area (Å²) in [5.74, 6) is -1.00. The summed E-state index contributed by atoms with van der Waals surface area (Å²) in [4.78, 5) is 57.6. The standard InChI is InChI=1S/C21H27N5O6S/c1-21(2,3)32-19(30)24-14(11-16(27)28)12-5-8-26(9-6-12)18-22-7-4-13(23-18)10-15-17(29)25-20(31)33-15/h4,7,10,12,14H,5-6,8-9,11H2,1-3H3,(H,24,30)(H,27,28)(H,25,29,31)/b15-10-. The molecule has 3 N–H and O–H groups in total. The summed E-state index contributed by atoms with van der Waals surface area (Å²) in [6.07, 6.45) is 3.56. The molecule has 0 aromatic carbocycles. The lowest BCUT2D eigenvalue weighted by Crippen LogP contribution is -2.48. The van der Waals surface area contributed by atoms with E-state index in [1.807, 2.05) is 4.90 Å². The smallest absolute Gasteiger partial charge is 0.407 e. The molecule has 2 aliphatic heterocycles. The molecule has 0 spiro atoms. The maximum absolute atomic E-state index is 12.2. The van der Waals surface area contributed by atoms with Gasteiger partial charge in [0.25, 0.3) is 11.1 Å². The Kier molecular flexibility index (Phi) is 7.57. The van der Waals surface area contributed by atoms with Crippen LogP contribution in [0.3, 0.4) is 0 Å². The highest BCUT2D eigenvalue weighted by atomic mass is 32.2. The number of nitrogens with zero attached hydrogens (tertiary/aromatic N) is 3. The number of aromatic nitrogens is 2. The van der Waals surface area contributed by atoms with Crippen molar-refractivity contribution in [3.8, 4) is 0 Å². The second-order valence-corrected chi connectivity index (χ2v) is 9.82. The molecule has 3 heterocycles. The molecule has 178 valence electrons. The number of hydrogen-bond donors (Lipinski definition) is 3. The quantitative estimate of drug-likeness (QED) is 0.521. The number of ether oxygens (including phenoxy) is 1. The van der Waals surface area contributed by atoms with E-state index in [0.29, 0.717) is 37.6 Å². The number of thioether (sulfide) groups is 1. The second-order valence-electron chi connectivity index (χ2n) is 8.81. The van der Waals surface area contributed by atoms with Crippen molar-refractivity contribution in [2.24, 2.45) is 5.92 Å². The number of anilines is 1. The molecule has 1 aromatic rings. The Hall–Kier alpha value is -3.15. The van der Waals surface area contributed by atoms with Crippen molar-refractivity contribution in [2.75, 3.05) is 18.0 Å². The van der Waals surface area contributed by atoms with Crippen LogP contribution in [0.2, 0.25) is 0 Å². The van der Waals surface area contributed by atoms with Gasteiger partial charge < -0.3 is 20.1 Å². The van der Waals surface area contributed by atoms with Gasteiger partial charge in [0.2, 0.25) is 5.95 Å². The number of carbonyl (C=O) groups excluding carboxylic acids is 3. The molecule has 2 aliphatic rings. The van der Waals surface area contributed by atoms with Crippen molar-refractivity contribution in [2.45, 2.75) is 51.7 Å². The lowest BCUT2D eigenvalue weighted by molar-refractivity contribution is -0.138. The van der Waals surface area contributed by atoms with Gasteiger partial charge in [-0.3, -0.25) is 19.7 Å². The van der Waals surface area contributed by atoms with Crippen LogP contribution in [0.15, 0.2) is 17.2 Å². The van der Waals surface area contributed by atoms with Crippen LogP contribution in [0.5, 0.6) is 0 Å². The first-order chi connectivity index (χ1) is 15.5. The summed E-state index contributed by atoms with van der Waals surface area (Å²) in [6.45, 7) is 6.39. The maximum atomic E-state index is 12.2. The van der Waals surface area contributed by atoms with Crippen molar-refractivity contribution in [1.29, 1.82) is 0 Å². The minimum absolute atomic E-state index is 0.0419. The highest BCUT2D eigenvalue weighted by Gasteiger charge is 2.31.